The third-order valence-corrected chi connectivity index (χ3v) is 2.08. The Balaban J connectivity index is 2.90. The van der Waals surface area contributed by atoms with Gasteiger partial charge in [0.25, 0.3) is 0 Å². The number of nitrogens with one attached hydrogen (secondary N) is 1. The summed E-state index contributed by atoms with van der Waals surface area (Å²) in [5.74, 6) is -5.99. The van der Waals surface area contributed by atoms with Crippen LogP contribution in [0.3, 0.4) is 0 Å². The molecule has 0 aliphatic rings. The van der Waals surface area contributed by atoms with E-state index in [0.29, 0.717) is 5.69 Å². The molecule has 1 aromatic heterocycles. The first-order valence-corrected chi connectivity index (χ1v) is 4.85. The molecule has 0 fully saturated rings. The second-order valence-corrected chi connectivity index (χ2v) is 3.57. The Hall–Kier alpha value is -1.86. The summed E-state index contributed by atoms with van der Waals surface area (Å²) in [6, 6.07) is 2.54. The van der Waals surface area contributed by atoms with Crippen LogP contribution in [-0.2, 0) is 0 Å². The van der Waals surface area contributed by atoms with Gasteiger partial charge in [-0.3, -0.25) is 0 Å². The maximum atomic E-state index is 12.7. The average Bonchev–Trinajstić information content (AvgIpc) is 2.26. The Kier molecular flexibility index (Phi) is 4.10. The maximum absolute atomic E-state index is 12.7. The van der Waals surface area contributed by atoms with E-state index in [1.54, 1.807) is 0 Å². The predicted molar refractivity (Wildman–Crippen MR) is 55.4 cm³/mol. The van der Waals surface area contributed by atoms with E-state index in [2.05, 4.69) is 4.98 Å². The normalized spacial score (nSPS) is 11.7. The van der Waals surface area contributed by atoms with E-state index in [0.717, 1.165) is 6.07 Å². The number of carboxylic acid groups (broad SMARTS) is 1. The number of aromatic nitrogens is 1. The molecule has 1 aromatic rings. The number of halogens is 4. The Morgan fingerprint density at radius 2 is 2.11 bits per heavy atom. The van der Waals surface area contributed by atoms with Gasteiger partial charge < -0.3 is 10.4 Å². The molecule has 0 spiro atoms. The highest BCUT2D eigenvalue weighted by Gasteiger charge is 2.40. The van der Waals surface area contributed by atoms with E-state index in [4.69, 9.17) is 5.11 Å². The van der Waals surface area contributed by atoms with Crippen molar-refractivity contribution in [2.75, 3.05) is 11.9 Å². The molecule has 0 radical (unpaired) electrons. The number of anilines is 1. The number of pyridine rings is 1. The number of alkyl halides is 4. The first-order valence-electron chi connectivity index (χ1n) is 4.85. The van der Waals surface area contributed by atoms with E-state index in [-0.39, 0.29) is 11.4 Å². The van der Waals surface area contributed by atoms with E-state index in [1.165, 1.54) is 13.0 Å². The van der Waals surface area contributed by atoms with Crippen molar-refractivity contribution in [2.45, 2.75) is 19.3 Å². The van der Waals surface area contributed by atoms with E-state index >= 15 is 0 Å². The lowest BCUT2D eigenvalue weighted by atomic mass is 10.2. The molecule has 0 amide bonds. The van der Waals surface area contributed by atoms with Crippen molar-refractivity contribution in [3.8, 4) is 0 Å². The number of aromatic carboxylic acids is 1. The minimum Gasteiger partial charge on any atom is -0.478 e. The summed E-state index contributed by atoms with van der Waals surface area (Å²) in [5, 5.41) is 10.7. The van der Waals surface area contributed by atoms with Gasteiger partial charge in [0.1, 0.15) is 11.4 Å². The number of nitrogens with zero attached hydrogens (tertiary/aromatic N) is 1. The lowest BCUT2D eigenvalue weighted by Crippen LogP contribution is -2.35. The van der Waals surface area contributed by atoms with Crippen LogP contribution < -0.4 is 5.32 Å². The number of carboxylic acids is 1. The molecule has 1 heterocycles. The monoisotopic (exact) mass is 266 g/mol. The van der Waals surface area contributed by atoms with Gasteiger partial charge in [0, 0.05) is 5.69 Å². The molecule has 0 aliphatic heterocycles. The summed E-state index contributed by atoms with van der Waals surface area (Å²) >= 11 is 0. The van der Waals surface area contributed by atoms with Crippen LogP contribution in [0.25, 0.3) is 0 Å². The van der Waals surface area contributed by atoms with Gasteiger partial charge in [-0.2, -0.15) is 8.78 Å². The van der Waals surface area contributed by atoms with Crippen LogP contribution >= 0.6 is 0 Å². The van der Waals surface area contributed by atoms with Crippen molar-refractivity contribution in [2.24, 2.45) is 0 Å². The van der Waals surface area contributed by atoms with Crippen LogP contribution in [0.5, 0.6) is 0 Å². The molecule has 0 unspecified atom stereocenters. The zero-order valence-corrected chi connectivity index (χ0v) is 9.25. The van der Waals surface area contributed by atoms with Crippen LogP contribution in [0, 0.1) is 6.92 Å². The fourth-order valence-corrected chi connectivity index (χ4v) is 1.14. The summed E-state index contributed by atoms with van der Waals surface area (Å²) in [6.45, 7) is 0.128. The molecule has 0 saturated carbocycles. The van der Waals surface area contributed by atoms with Crippen molar-refractivity contribution in [1.82, 2.24) is 4.98 Å². The lowest BCUT2D eigenvalue weighted by molar-refractivity contribution is -0.117. The predicted octanol–water partition coefficient (Wildman–Crippen LogP) is 2.40. The van der Waals surface area contributed by atoms with Gasteiger partial charge in [-0.25, -0.2) is 18.6 Å². The summed E-state index contributed by atoms with van der Waals surface area (Å²) in [5.41, 5.74) is 0.0218. The first-order chi connectivity index (χ1) is 8.24. The molecule has 0 bridgehead atoms. The molecule has 0 saturated heterocycles. The topological polar surface area (TPSA) is 62.2 Å². The third-order valence-electron chi connectivity index (χ3n) is 2.08. The largest absolute Gasteiger partial charge is 0.478 e. The summed E-state index contributed by atoms with van der Waals surface area (Å²) < 4.78 is 49.2. The minimum atomic E-state index is -4.25. The number of hydrogen-bond acceptors (Lipinski definition) is 3. The number of carbonyl (C=O) groups is 1. The minimum absolute atomic E-state index is 0.356. The van der Waals surface area contributed by atoms with Gasteiger partial charge in [0.05, 0.1) is 6.54 Å². The van der Waals surface area contributed by atoms with Crippen molar-refractivity contribution < 1.29 is 27.5 Å². The Morgan fingerprint density at radius 1 is 1.50 bits per heavy atom. The fourth-order valence-electron chi connectivity index (χ4n) is 1.14. The number of rotatable bonds is 5. The summed E-state index contributed by atoms with van der Waals surface area (Å²) in [7, 11) is 0. The zero-order valence-electron chi connectivity index (χ0n) is 9.25. The van der Waals surface area contributed by atoms with E-state index < -0.39 is 24.9 Å². The standard InChI is InChI=1S/C10H10F4N2O2/c1-5-2-3-6(8(17)18)7(16-5)15-4-10(13,14)9(11)12/h2-3,9H,4H2,1H3,(H,15,16)(H,17,18). The highest BCUT2D eigenvalue weighted by Crippen LogP contribution is 2.24. The SMILES string of the molecule is Cc1ccc(C(=O)O)c(NCC(F)(F)C(F)F)n1. The highest BCUT2D eigenvalue weighted by atomic mass is 19.3. The van der Waals surface area contributed by atoms with Crippen LogP contribution in [0.1, 0.15) is 16.1 Å². The maximum Gasteiger partial charge on any atom is 0.339 e. The third kappa shape index (κ3) is 3.31. The Labute approximate surface area is 99.6 Å². The molecule has 4 nitrogen and oxygen atoms in total. The second kappa shape index (κ2) is 5.19. The molecular weight excluding hydrogens is 256 g/mol. The van der Waals surface area contributed by atoms with Gasteiger partial charge in [0.15, 0.2) is 0 Å². The second-order valence-electron chi connectivity index (χ2n) is 3.57. The van der Waals surface area contributed by atoms with Crippen molar-refractivity contribution in [1.29, 1.82) is 0 Å². The Bertz CT molecular complexity index is 452. The molecule has 0 aliphatic carbocycles. The van der Waals surface area contributed by atoms with Crippen LogP contribution in [-0.4, -0.2) is 35.0 Å². The molecule has 0 atom stereocenters. The van der Waals surface area contributed by atoms with Gasteiger partial charge in [-0.15, -0.1) is 0 Å². The van der Waals surface area contributed by atoms with Crippen LogP contribution in [0.2, 0.25) is 0 Å². The molecule has 1 rings (SSSR count). The average molecular weight is 266 g/mol. The summed E-state index contributed by atoms with van der Waals surface area (Å²) in [6.07, 6.45) is -3.83. The molecular formula is C10H10F4N2O2. The molecule has 100 valence electrons. The van der Waals surface area contributed by atoms with Crippen molar-refractivity contribution in [3.05, 3.63) is 23.4 Å². The smallest absolute Gasteiger partial charge is 0.339 e. The van der Waals surface area contributed by atoms with E-state index in [1.807, 2.05) is 5.32 Å². The molecule has 0 aromatic carbocycles. The molecule has 18 heavy (non-hydrogen) atoms. The van der Waals surface area contributed by atoms with Gasteiger partial charge >= 0.3 is 18.3 Å². The number of aryl methyl sites for hydroxylation is 1. The van der Waals surface area contributed by atoms with E-state index in [9.17, 15) is 22.4 Å². The molecule has 2 N–H and O–H groups in total. The highest BCUT2D eigenvalue weighted by molar-refractivity contribution is 5.93. The Morgan fingerprint density at radius 3 is 2.61 bits per heavy atom. The number of hydrogen-bond donors (Lipinski definition) is 2. The van der Waals surface area contributed by atoms with Crippen molar-refractivity contribution in [3.63, 3.8) is 0 Å². The fraction of sp³-hybridized carbons (Fsp3) is 0.400. The quantitative estimate of drug-likeness (QED) is 0.803. The zero-order chi connectivity index (χ0) is 13.9. The molecule has 8 heteroatoms. The van der Waals surface area contributed by atoms with Gasteiger partial charge in [0.2, 0.25) is 0 Å². The van der Waals surface area contributed by atoms with Gasteiger partial charge in [-0.05, 0) is 19.1 Å². The van der Waals surface area contributed by atoms with Gasteiger partial charge in [-0.1, -0.05) is 0 Å². The van der Waals surface area contributed by atoms with Crippen molar-refractivity contribution >= 4 is 11.8 Å². The van der Waals surface area contributed by atoms with Crippen LogP contribution in [0.4, 0.5) is 23.4 Å². The van der Waals surface area contributed by atoms with Crippen LogP contribution in [0.15, 0.2) is 12.1 Å². The summed E-state index contributed by atoms with van der Waals surface area (Å²) in [4.78, 5) is 14.5. The lowest BCUT2D eigenvalue weighted by Gasteiger charge is -2.17. The first kappa shape index (κ1) is 14.2.